The van der Waals surface area contributed by atoms with E-state index in [0.717, 1.165) is 37.3 Å². The molecule has 2 aliphatic heterocycles. The maximum Gasteiger partial charge on any atom is 0.274 e. The highest BCUT2D eigenvalue weighted by molar-refractivity contribution is 6.33. The van der Waals surface area contributed by atoms with Gasteiger partial charge in [-0.2, -0.15) is 5.10 Å². The standard InChI is InChI=1S/C18H22ClN5O/c1-11-9-12(2)24(22-11)16-6-5-15(19)17(21-16)18(25)23-8-7-13-3-4-14(10-23)20-13/h5-6,9,13-14,20H,3-4,7-8,10H2,1-2H3. The molecule has 1 N–H and O–H groups in total. The van der Waals surface area contributed by atoms with Gasteiger partial charge in [-0.1, -0.05) is 11.6 Å². The van der Waals surface area contributed by atoms with Crippen LogP contribution in [0.5, 0.6) is 0 Å². The third-order valence-corrected chi connectivity index (χ3v) is 5.38. The van der Waals surface area contributed by atoms with Crippen molar-refractivity contribution in [1.82, 2.24) is 25.0 Å². The normalized spacial score (nSPS) is 22.9. The van der Waals surface area contributed by atoms with Gasteiger partial charge in [0.2, 0.25) is 0 Å². The first-order chi connectivity index (χ1) is 12.0. The molecule has 0 radical (unpaired) electrons. The Kier molecular flexibility index (Phi) is 4.25. The molecule has 2 aliphatic rings. The first-order valence-electron chi connectivity index (χ1n) is 8.77. The minimum absolute atomic E-state index is 0.0947. The quantitative estimate of drug-likeness (QED) is 0.894. The number of fused-ring (bicyclic) bond motifs is 2. The number of aromatic nitrogens is 3. The van der Waals surface area contributed by atoms with Crippen molar-refractivity contribution in [2.75, 3.05) is 13.1 Å². The zero-order valence-electron chi connectivity index (χ0n) is 14.5. The summed E-state index contributed by atoms with van der Waals surface area (Å²) in [7, 11) is 0. The lowest BCUT2D eigenvalue weighted by molar-refractivity contribution is 0.0742. The van der Waals surface area contributed by atoms with E-state index in [2.05, 4.69) is 15.4 Å². The smallest absolute Gasteiger partial charge is 0.274 e. The summed E-state index contributed by atoms with van der Waals surface area (Å²) in [4.78, 5) is 19.5. The first kappa shape index (κ1) is 16.5. The van der Waals surface area contributed by atoms with Crippen LogP contribution in [0.2, 0.25) is 5.02 Å². The minimum Gasteiger partial charge on any atom is -0.336 e. The lowest BCUT2D eigenvalue weighted by atomic mass is 10.1. The number of aryl methyl sites for hydroxylation is 2. The van der Waals surface area contributed by atoms with E-state index in [9.17, 15) is 4.79 Å². The second-order valence-electron chi connectivity index (χ2n) is 7.02. The molecule has 6 nitrogen and oxygen atoms in total. The lowest BCUT2D eigenvalue weighted by Gasteiger charge is -2.24. The van der Waals surface area contributed by atoms with E-state index in [1.54, 1.807) is 16.8 Å². The number of halogens is 1. The Morgan fingerprint density at radius 2 is 2.04 bits per heavy atom. The number of hydrogen-bond acceptors (Lipinski definition) is 4. The number of amides is 1. The molecule has 2 unspecified atom stereocenters. The fraction of sp³-hybridized carbons (Fsp3) is 0.500. The molecule has 0 saturated carbocycles. The summed E-state index contributed by atoms with van der Waals surface area (Å²) in [5.74, 6) is 0.524. The Hall–Kier alpha value is -1.92. The van der Waals surface area contributed by atoms with E-state index in [-0.39, 0.29) is 5.91 Å². The second-order valence-corrected chi connectivity index (χ2v) is 7.42. The maximum atomic E-state index is 13.0. The van der Waals surface area contributed by atoms with E-state index < -0.39 is 0 Å². The molecule has 4 heterocycles. The Bertz CT molecular complexity index is 818. The molecule has 0 aliphatic carbocycles. The zero-order chi connectivity index (χ0) is 17.6. The fourth-order valence-corrected chi connectivity index (χ4v) is 4.02. The van der Waals surface area contributed by atoms with Crippen LogP contribution < -0.4 is 5.32 Å². The number of rotatable bonds is 2. The third-order valence-electron chi connectivity index (χ3n) is 5.07. The number of nitrogens with zero attached hydrogens (tertiary/aromatic N) is 4. The largest absolute Gasteiger partial charge is 0.336 e. The highest BCUT2D eigenvalue weighted by atomic mass is 35.5. The van der Waals surface area contributed by atoms with Crippen LogP contribution in [0.4, 0.5) is 0 Å². The monoisotopic (exact) mass is 359 g/mol. The lowest BCUT2D eigenvalue weighted by Crippen LogP contribution is -2.39. The van der Waals surface area contributed by atoms with E-state index in [1.807, 2.05) is 24.8 Å². The molecule has 132 valence electrons. The predicted molar refractivity (Wildman–Crippen MR) is 96.3 cm³/mol. The highest BCUT2D eigenvalue weighted by Gasteiger charge is 2.32. The molecule has 7 heteroatoms. The molecule has 2 atom stereocenters. The van der Waals surface area contributed by atoms with Gasteiger partial charge >= 0.3 is 0 Å². The number of nitrogens with one attached hydrogen (secondary N) is 1. The van der Waals surface area contributed by atoms with E-state index in [0.29, 0.717) is 28.6 Å². The number of likely N-dealkylation sites (tertiary alicyclic amines) is 1. The Labute approximate surface area is 152 Å². The van der Waals surface area contributed by atoms with Crippen LogP contribution in [-0.2, 0) is 0 Å². The van der Waals surface area contributed by atoms with E-state index in [4.69, 9.17) is 11.6 Å². The minimum atomic E-state index is -0.0947. The van der Waals surface area contributed by atoms with Crippen LogP contribution in [0.1, 0.15) is 41.1 Å². The van der Waals surface area contributed by atoms with Gasteiger partial charge in [0.05, 0.1) is 10.7 Å². The highest BCUT2D eigenvalue weighted by Crippen LogP contribution is 2.24. The SMILES string of the molecule is Cc1cc(C)n(-c2ccc(Cl)c(C(=O)N3CCC4CCC(C3)N4)n2)n1. The number of pyridine rings is 1. The van der Waals surface area contributed by atoms with Crippen molar-refractivity contribution in [1.29, 1.82) is 0 Å². The average molecular weight is 360 g/mol. The summed E-state index contributed by atoms with van der Waals surface area (Å²) in [6, 6.07) is 6.43. The molecule has 2 bridgehead atoms. The second kappa shape index (κ2) is 6.42. The van der Waals surface area contributed by atoms with Crippen LogP contribution in [-0.4, -0.2) is 50.7 Å². The summed E-state index contributed by atoms with van der Waals surface area (Å²) >= 11 is 6.31. The van der Waals surface area contributed by atoms with Gasteiger partial charge in [-0.05, 0) is 51.3 Å². The molecular formula is C18H22ClN5O. The maximum absolute atomic E-state index is 13.0. The molecule has 2 aromatic heterocycles. The van der Waals surface area contributed by atoms with Crippen molar-refractivity contribution in [3.05, 3.63) is 40.3 Å². The van der Waals surface area contributed by atoms with Crippen LogP contribution in [0.25, 0.3) is 5.82 Å². The van der Waals surface area contributed by atoms with Gasteiger partial charge in [-0.25, -0.2) is 9.67 Å². The molecule has 2 aromatic rings. The summed E-state index contributed by atoms with van der Waals surface area (Å²) in [5, 5.41) is 8.42. The van der Waals surface area contributed by atoms with Crippen LogP contribution in [0.3, 0.4) is 0 Å². The van der Waals surface area contributed by atoms with Gasteiger partial charge in [-0.15, -0.1) is 0 Å². The van der Waals surface area contributed by atoms with Crippen LogP contribution in [0, 0.1) is 13.8 Å². The van der Waals surface area contributed by atoms with Crippen LogP contribution in [0.15, 0.2) is 18.2 Å². The Morgan fingerprint density at radius 1 is 1.24 bits per heavy atom. The first-order valence-corrected chi connectivity index (χ1v) is 9.14. The van der Waals surface area contributed by atoms with Crippen molar-refractivity contribution in [3.63, 3.8) is 0 Å². The third kappa shape index (κ3) is 3.16. The van der Waals surface area contributed by atoms with Gasteiger partial charge in [0.15, 0.2) is 5.82 Å². The van der Waals surface area contributed by atoms with Crippen molar-refractivity contribution < 1.29 is 4.79 Å². The van der Waals surface area contributed by atoms with Gasteiger partial charge in [0, 0.05) is 30.9 Å². The van der Waals surface area contributed by atoms with Gasteiger partial charge in [0.1, 0.15) is 5.69 Å². The number of carbonyl (C=O) groups is 1. The molecule has 4 rings (SSSR count). The van der Waals surface area contributed by atoms with Crippen molar-refractivity contribution in [2.24, 2.45) is 0 Å². The molecule has 1 amide bonds. The Morgan fingerprint density at radius 3 is 2.80 bits per heavy atom. The molecular weight excluding hydrogens is 338 g/mol. The molecule has 2 saturated heterocycles. The van der Waals surface area contributed by atoms with Crippen LogP contribution >= 0.6 is 11.6 Å². The molecule has 2 fully saturated rings. The molecule has 25 heavy (non-hydrogen) atoms. The zero-order valence-corrected chi connectivity index (χ0v) is 15.3. The van der Waals surface area contributed by atoms with Gasteiger partial charge < -0.3 is 10.2 Å². The van der Waals surface area contributed by atoms with Crippen molar-refractivity contribution >= 4 is 17.5 Å². The molecule has 0 aromatic carbocycles. The van der Waals surface area contributed by atoms with Crippen molar-refractivity contribution in [2.45, 2.75) is 45.2 Å². The fourth-order valence-electron chi connectivity index (χ4n) is 3.84. The molecule has 0 spiro atoms. The van der Waals surface area contributed by atoms with E-state index in [1.165, 1.54) is 6.42 Å². The summed E-state index contributed by atoms with van der Waals surface area (Å²) in [6.45, 7) is 5.37. The predicted octanol–water partition coefficient (Wildman–Crippen LogP) is 2.50. The topological polar surface area (TPSA) is 63.1 Å². The average Bonchev–Trinajstić information content (AvgIpc) is 3.08. The summed E-state index contributed by atoms with van der Waals surface area (Å²) in [6.07, 6.45) is 3.32. The van der Waals surface area contributed by atoms with Gasteiger partial charge in [0.25, 0.3) is 5.91 Å². The van der Waals surface area contributed by atoms with E-state index >= 15 is 0 Å². The number of hydrogen-bond donors (Lipinski definition) is 1. The summed E-state index contributed by atoms with van der Waals surface area (Å²) < 4.78 is 1.74. The van der Waals surface area contributed by atoms with Crippen molar-refractivity contribution in [3.8, 4) is 5.82 Å². The van der Waals surface area contributed by atoms with Gasteiger partial charge in [-0.3, -0.25) is 4.79 Å². The Balaban J connectivity index is 1.64. The summed E-state index contributed by atoms with van der Waals surface area (Å²) in [5.41, 5.74) is 2.20. The number of carbonyl (C=O) groups excluding carboxylic acids is 1.